The molecule has 6 heteroatoms. The van der Waals surface area contributed by atoms with Crippen LogP contribution in [0.2, 0.25) is 0 Å². The number of halogens is 1. The lowest BCUT2D eigenvalue weighted by Gasteiger charge is -2.05. The summed E-state index contributed by atoms with van der Waals surface area (Å²) in [6, 6.07) is 11.6. The van der Waals surface area contributed by atoms with Crippen molar-refractivity contribution in [1.82, 2.24) is 4.98 Å². The maximum atomic E-state index is 12.5. The van der Waals surface area contributed by atoms with Crippen molar-refractivity contribution in [3.63, 3.8) is 0 Å². The monoisotopic (exact) mass is 438 g/mol. The van der Waals surface area contributed by atoms with Gasteiger partial charge in [-0.3, -0.25) is 10.1 Å². The second-order valence-electron chi connectivity index (χ2n) is 5.02. The zero-order chi connectivity index (χ0) is 16.4. The number of benzene rings is 2. The molecular formula is C17H15IN2O2S. The van der Waals surface area contributed by atoms with E-state index in [-0.39, 0.29) is 5.91 Å². The summed E-state index contributed by atoms with van der Waals surface area (Å²) >= 11 is 3.61. The van der Waals surface area contributed by atoms with Crippen molar-refractivity contribution < 1.29 is 9.53 Å². The molecular weight excluding hydrogens is 423 g/mol. The molecule has 0 atom stereocenters. The molecule has 3 aromatic rings. The van der Waals surface area contributed by atoms with E-state index >= 15 is 0 Å². The number of carbonyl (C=O) groups is 1. The van der Waals surface area contributed by atoms with Crippen molar-refractivity contribution in [1.29, 1.82) is 0 Å². The number of carbonyl (C=O) groups excluding carboxylic acids is 1. The van der Waals surface area contributed by atoms with Gasteiger partial charge in [0.25, 0.3) is 5.91 Å². The summed E-state index contributed by atoms with van der Waals surface area (Å²) in [5.41, 5.74) is 2.58. The first-order chi connectivity index (χ1) is 11.1. The highest BCUT2D eigenvalue weighted by atomic mass is 127. The largest absolute Gasteiger partial charge is 0.494 e. The van der Waals surface area contributed by atoms with Gasteiger partial charge in [-0.2, -0.15) is 0 Å². The lowest BCUT2D eigenvalue weighted by Crippen LogP contribution is -2.13. The van der Waals surface area contributed by atoms with Crippen LogP contribution in [0.1, 0.15) is 22.8 Å². The molecule has 0 radical (unpaired) electrons. The first-order valence-corrected chi connectivity index (χ1v) is 9.07. The molecule has 0 fully saturated rings. The van der Waals surface area contributed by atoms with Gasteiger partial charge in [-0.15, -0.1) is 0 Å². The van der Waals surface area contributed by atoms with E-state index in [0.29, 0.717) is 17.3 Å². The lowest BCUT2D eigenvalue weighted by molar-refractivity contribution is 0.102. The predicted octanol–water partition coefficient (Wildman–Crippen LogP) is 4.86. The van der Waals surface area contributed by atoms with Crippen LogP contribution in [0.4, 0.5) is 5.13 Å². The molecule has 4 nitrogen and oxygen atoms in total. The smallest absolute Gasteiger partial charge is 0.258 e. The van der Waals surface area contributed by atoms with Crippen LogP contribution in [0.3, 0.4) is 0 Å². The summed E-state index contributed by atoms with van der Waals surface area (Å²) in [5, 5.41) is 3.48. The van der Waals surface area contributed by atoms with Gasteiger partial charge in [0.05, 0.1) is 22.4 Å². The van der Waals surface area contributed by atoms with Gasteiger partial charge in [0.15, 0.2) is 5.13 Å². The standard InChI is InChI=1S/C17H15IN2O2S/c1-3-22-11-5-7-14-15(9-11)23-17(19-14)20-16(21)12-8-10(2)4-6-13(12)18/h4-9H,3H2,1-2H3,(H,19,20,21). The Morgan fingerprint density at radius 3 is 2.91 bits per heavy atom. The fourth-order valence-electron chi connectivity index (χ4n) is 2.19. The van der Waals surface area contributed by atoms with Crippen molar-refractivity contribution in [2.75, 3.05) is 11.9 Å². The molecule has 3 rings (SSSR count). The van der Waals surface area contributed by atoms with Crippen LogP contribution in [0.25, 0.3) is 10.2 Å². The van der Waals surface area contributed by atoms with E-state index in [0.717, 1.165) is 25.1 Å². The highest BCUT2D eigenvalue weighted by Crippen LogP contribution is 2.29. The Bertz CT molecular complexity index is 876. The fourth-order valence-corrected chi connectivity index (χ4v) is 3.66. The van der Waals surface area contributed by atoms with Crippen molar-refractivity contribution in [3.05, 3.63) is 51.1 Å². The zero-order valence-electron chi connectivity index (χ0n) is 12.7. The molecule has 0 aliphatic rings. The van der Waals surface area contributed by atoms with Crippen molar-refractivity contribution in [2.45, 2.75) is 13.8 Å². The number of thiazole rings is 1. The van der Waals surface area contributed by atoms with Gasteiger partial charge >= 0.3 is 0 Å². The van der Waals surface area contributed by atoms with E-state index < -0.39 is 0 Å². The first-order valence-electron chi connectivity index (χ1n) is 7.17. The topological polar surface area (TPSA) is 51.2 Å². The van der Waals surface area contributed by atoms with Crippen LogP contribution < -0.4 is 10.1 Å². The summed E-state index contributed by atoms with van der Waals surface area (Å²) in [6.45, 7) is 4.55. The molecule has 0 bridgehead atoms. The molecule has 1 aromatic heterocycles. The number of fused-ring (bicyclic) bond motifs is 1. The number of anilines is 1. The first kappa shape index (κ1) is 16.2. The number of nitrogens with zero attached hydrogens (tertiary/aromatic N) is 1. The summed E-state index contributed by atoms with van der Waals surface area (Å²) in [4.78, 5) is 16.9. The minimum atomic E-state index is -0.137. The zero-order valence-corrected chi connectivity index (χ0v) is 15.7. The van der Waals surface area contributed by atoms with Crippen molar-refractivity contribution >= 4 is 55.2 Å². The molecule has 23 heavy (non-hydrogen) atoms. The predicted molar refractivity (Wildman–Crippen MR) is 103 cm³/mol. The van der Waals surface area contributed by atoms with Gasteiger partial charge in [0.1, 0.15) is 5.75 Å². The number of hydrogen-bond donors (Lipinski definition) is 1. The van der Waals surface area contributed by atoms with E-state index in [4.69, 9.17) is 4.74 Å². The average Bonchev–Trinajstić information content (AvgIpc) is 2.91. The Balaban J connectivity index is 1.86. The van der Waals surface area contributed by atoms with Crippen LogP contribution in [-0.2, 0) is 0 Å². The number of aryl methyl sites for hydroxylation is 1. The minimum Gasteiger partial charge on any atom is -0.494 e. The minimum absolute atomic E-state index is 0.137. The summed E-state index contributed by atoms with van der Waals surface area (Å²) < 4.78 is 7.41. The normalized spacial score (nSPS) is 10.7. The number of nitrogens with one attached hydrogen (secondary N) is 1. The fraction of sp³-hybridized carbons (Fsp3) is 0.176. The third-order valence-electron chi connectivity index (χ3n) is 3.26. The highest BCUT2D eigenvalue weighted by Gasteiger charge is 2.13. The van der Waals surface area contributed by atoms with Gasteiger partial charge in [-0.05, 0) is 66.8 Å². The molecule has 0 saturated heterocycles. The molecule has 0 aliphatic heterocycles. The highest BCUT2D eigenvalue weighted by molar-refractivity contribution is 14.1. The molecule has 118 valence electrons. The number of amides is 1. The second-order valence-corrected chi connectivity index (χ2v) is 7.21. The number of hydrogen-bond acceptors (Lipinski definition) is 4. The Labute approximate surface area is 152 Å². The van der Waals surface area contributed by atoms with Crippen LogP contribution >= 0.6 is 33.9 Å². The molecule has 0 unspecified atom stereocenters. The molecule has 0 aliphatic carbocycles. The Kier molecular flexibility index (Phi) is 4.82. The maximum absolute atomic E-state index is 12.5. The lowest BCUT2D eigenvalue weighted by atomic mass is 10.1. The van der Waals surface area contributed by atoms with E-state index in [1.165, 1.54) is 11.3 Å². The quantitative estimate of drug-likeness (QED) is 0.592. The summed E-state index contributed by atoms with van der Waals surface area (Å²) in [7, 11) is 0. The number of aromatic nitrogens is 1. The number of ether oxygens (including phenoxy) is 1. The van der Waals surface area contributed by atoms with E-state index in [9.17, 15) is 4.79 Å². The molecule has 1 amide bonds. The third kappa shape index (κ3) is 3.64. The Hall–Kier alpha value is -1.67. The van der Waals surface area contributed by atoms with Crippen LogP contribution in [0.5, 0.6) is 5.75 Å². The maximum Gasteiger partial charge on any atom is 0.258 e. The molecule has 0 spiro atoms. The van der Waals surface area contributed by atoms with Crippen LogP contribution in [0.15, 0.2) is 36.4 Å². The Morgan fingerprint density at radius 2 is 2.13 bits per heavy atom. The van der Waals surface area contributed by atoms with Gasteiger partial charge in [0.2, 0.25) is 0 Å². The van der Waals surface area contributed by atoms with Crippen LogP contribution in [-0.4, -0.2) is 17.5 Å². The summed E-state index contributed by atoms with van der Waals surface area (Å²) in [6.07, 6.45) is 0. The number of rotatable bonds is 4. The Morgan fingerprint density at radius 1 is 1.30 bits per heavy atom. The van der Waals surface area contributed by atoms with Gasteiger partial charge in [-0.25, -0.2) is 4.98 Å². The molecule has 2 aromatic carbocycles. The molecule has 1 heterocycles. The van der Waals surface area contributed by atoms with Crippen molar-refractivity contribution in [3.8, 4) is 5.75 Å². The van der Waals surface area contributed by atoms with Crippen LogP contribution in [0, 0.1) is 10.5 Å². The average molecular weight is 438 g/mol. The molecule has 1 N–H and O–H groups in total. The van der Waals surface area contributed by atoms with E-state index in [2.05, 4.69) is 32.9 Å². The van der Waals surface area contributed by atoms with Gasteiger partial charge in [0, 0.05) is 3.57 Å². The van der Waals surface area contributed by atoms with Gasteiger partial charge in [-0.1, -0.05) is 23.0 Å². The van der Waals surface area contributed by atoms with E-state index in [1.54, 1.807) is 0 Å². The molecule has 0 saturated carbocycles. The SMILES string of the molecule is CCOc1ccc2nc(NC(=O)c3cc(C)ccc3I)sc2c1. The van der Waals surface area contributed by atoms with E-state index in [1.807, 2.05) is 50.2 Å². The van der Waals surface area contributed by atoms with Gasteiger partial charge < -0.3 is 4.74 Å². The summed E-state index contributed by atoms with van der Waals surface area (Å²) in [5.74, 6) is 0.678. The third-order valence-corrected chi connectivity index (χ3v) is 5.13. The second kappa shape index (κ2) is 6.84. The van der Waals surface area contributed by atoms with Crippen molar-refractivity contribution in [2.24, 2.45) is 0 Å².